The van der Waals surface area contributed by atoms with Crippen LogP contribution in [0.4, 0.5) is 16.2 Å². The quantitative estimate of drug-likeness (QED) is 0.521. The predicted octanol–water partition coefficient (Wildman–Crippen LogP) is 2.03. The molecular weight excluding hydrogens is 396 g/mol. The van der Waals surface area contributed by atoms with Crippen molar-refractivity contribution in [1.82, 2.24) is 10.2 Å². The van der Waals surface area contributed by atoms with Crippen LogP contribution in [0.15, 0.2) is 42.5 Å². The number of urea groups is 1. The third kappa shape index (κ3) is 3.36. The number of rotatable bonds is 4. The van der Waals surface area contributed by atoms with Gasteiger partial charge in [-0.2, -0.15) is 0 Å². The normalized spacial score (nSPS) is 19.6. The number of carbonyl (C=O) groups excluding carboxylic acids is 3. The Morgan fingerprint density at radius 1 is 1.28 bits per heavy atom. The van der Waals surface area contributed by atoms with Crippen molar-refractivity contribution in [2.45, 2.75) is 18.4 Å². The van der Waals surface area contributed by atoms with E-state index in [4.69, 9.17) is 10.5 Å². The first-order chi connectivity index (χ1) is 13.4. The summed E-state index contributed by atoms with van der Waals surface area (Å²) < 4.78 is 5.12. The third-order valence-corrected chi connectivity index (χ3v) is 5.26. The average Bonchev–Trinajstić information content (AvgIpc) is 3.17. The van der Waals surface area contributed by atoms with Crippen molar-refractivity contribution in [1.29, 1.82) is 0 Å². The van der Waals surface area contributed by atoms with Gasteiger partial charge >= 0.3 is 6.03 Å². The standard InChI is InChI=1S/C20H20N4O4.ClH/c1-28-13-6-7-15(21)16(10-13)22-17(25)11-24-18(26)20(23-19(24)27)9-8-12-4-2-3-5-14(12)20;/h2-7,10H,8-9,11,21H2,1H3,(H,22,25)(H,23,27);1H. The Morgan fingerprint density at radius 2 is 2.03 bits per heavy atom. The van der Waals surface area contributed by atoms with Crippen LogP contribution in [0.1, 0.15) is 17.5 Å². The van der Waals surface area contributed by atoms with E-state index in [0.29, 0.717) is 30.0 Å². The van der Waals surface area contributed by atoms with Gasteiger partial charge < -0.3 is 21.1 Å². The van der Waals surface area contributed by atoms with Gasteiger partial charge in [-0.05, 0) is 36.1 Å². The van der Waals surface area contributed by atoms with Crippen LogP contribution in [0, 0.1) is 0 Å². The minimum atomic E-state index is -1.08. The third-order valence-electron chi connectivity index (χ3n) is 5.26. The molecule has 2 aromatic rings. The number of hydrogen-bond donors (Lipinski definition) is 3. The molecule has 0 aromatic heterocycles. The van der Waals surface area contributed by atoms with E-state index in [1.807, 2.05) is 24.3 Å². The van der Waals surface area contributed by atoms with Gasteiger partial charge in [-0.25, -0.2) is 4.79 Å². The monoisotopic (exact) mass is 416 g/mol. The lowest BCUT2D eigenvalue weighted by Gasteiger charge is -2.22. The predicted molar refractivity (Wildman–Crippen MR) is 110 cm³/mol. The van der Waals surface area contributed by atoms with E-state index in [2.05, 4.69) is 10.6 Å². The van der Waals surface area contributed by atoms with Crippen LogP contribution in [0.25, 0.3) is 0 Å². The number of imide groups is 1. The van der Waals surface area contributed by atoms with Crippen molar-refractivity contribution < 1.29 is 19.1 Å². The van der Waals surface area contributed by atoms with Crippen LogP contribution in [0.2, 0.25) is 0 Å². The Balaban J connectivity index is 0.00000240. The summed E-state index contributed by atoms with van der Waals surface area (Å²) in [7, 11) is 1.50. The molecule has 0 bridgehead atoms. The van der Waals surface area contributed by atoms with Crippen molar-refractivity contribution >= 4 is 41.6 Å². The number of nitrogens with one attached hydrogen (secondary N) is 2. The number of nitrogens with zero attached hydrogens (tertiary/aromatic N) is 1. The second kappa shape index (κ2) is 7.63. The lowest BCUT2D eigenvalue weighted by Crippen LogP contribution is -2.43. The first-order valence-corrected chi connectivity index (χ1v) is 8.90. The van der Waals surface area contributed by atoms with Crippen molar-refractivity contribution in [3.63, 3.8) is 0 Å². The summed E-state index contributed by atoms with van der Waals surface area (Å²) in [5, 5.41) is 5.43. The first kappa shape index (κ1) is 20.5. The maximum absolute atomic E-state index is 13.1. The van der Waals surface area contributed by atoms with Gasteiger partial charge in [-0.15, -0.1) is 12.4 Å². The summed E-state index contributed by atoms with van der Waals surface area (Å²) in [4.78, 5) is 39.0. The molecule has 2 aromatic carbocycles. The smallest absolute Gasteiger partial charge is 0.325 e. The van der Waals surface area contributed by atoms with Gasteiger partial charge in [0.2, 0.25) is 5.91 Å². The maximum atomic E-state index is 13.1. The van der Waals surface area contributed by atoms with Crippen molar-refractivity contribution in [2.24, 2.45) is 0 Å². The number of amides is 4. The average molecular weight is 417 g/mol. The van der Waals surface area contributed by atoms with E-state index in [-0.39, 0.29) is 12.4 Å². The Bertz CT molecular complexity index is 996. The summed E-state index contributed by atoms with van der Waals surface area (Å²) in [6.45, 7) is -0.398. The van der Waals surface area contributed by atoms with Gasteiger partial charge in [0.1, 0.15) is 17.8 Å². The number of halogens is 1. The fraction of sp³-hybridized carbons (Fsp3) is 0.250. The summed E-state index contributed by atoms with van der Waals surface area (Å²) >= 11 is 0. The van der Waals surface area contributed by atoms with Crippen LogP contribution in [0.3, 0.4) is 0 Å². The summed E-state index contributed by atoms with van der Waals surface area (Å²) in [5.74, 6) is -0.399. The fourth-order valence-corrected chi connectivity index (χ4v) is 3.84. The molecule has 4 rings (SSSR count). The molecule has 8 nitrogen and oxygen atoms in total. The van der Waals surface area contributed by atoms with E-state index in [9.17, 15) is 14.4 Å². The van der Waals surface area contributed by atoms with Crippen LogP contribution in [0.5, 0.6) is 5.75 Å². The molecule has 0 radical (unpaired) electrons. The molecule has 2 aliphatic rings. The molecule has 152 valence electrons. The highest BCUT2D eigenvalue weighted by Gasteiger charge is 2.55. The molecule has 29 heavy (non-hydrogen) atoms. The second-order valence-electron chi connectivity index (χ2n) is 6.89. The lowest BCUT2D eigenvalue weighted by molar-refractivity contribution is -0.134. The number of methoxy groups -OCH3 is 1. The minimum absolute atomic E-state index is 0. The highest BCUT2D eigenvalue weighted by molar-refractivity contribution is 6.11. The molecule has 1 spiro atoms. The summed E-state index contributed by atoms with van der Waals surface area (Å²) in [6.07, 6.45) is 1.18. The molecule has 0 saturated carbocycles. The van der Waals surface area contributed by atoms with E-state index >= 15 is 0 Å². The molecular formula is C20H21ClN4O4. The zero-order chi connectivity index (χ0) is 19.9. The van der Waals surface area contributed by atoms with Crippen molar-refractivity contribution in [3.8, 4) is 5.75 Å². The van der Waals surface area contributed by atoms with Crippen molar-refractivity contribution in [2.75, 3.05) is 24.7 Å². The van der Waals surface area contributed by atoms with Gasteiger partial charge in [0.15, 0.2) is 0 Å². The number of nitrogens with two attached hydrogens (primary N) is 1. The van der Waals surface area contributed by atoms with Gasteiger partial charge in [-0.1, -0.05) is 24.3 Å². The van der Waals surface area contributed by atoms with Crippen molar-refractivity contribution in [3.05, 3.63) is 53.6 Å². The molecule has 4 amide bonds. The lowest BCUT2D eigenvalue weighted by atomic mass is 9.92. The topological polar surface area (TPSA) is 114 Å². The molecule has 1 unspecified atom stereocenters. The molecule has 1 aliphatic heterocycles. The Hall–Kier alpha value is -3.26. The second-order valence-corrected chi connectivity index (χ2v) is 6.89. The van der Waals surface area contributed by atoms with E-state index in [1.54, 1.807) is 18.2 Å². The fourth-order valence-electron chi connectivity index (χ4n) is 3.84. The minimum Gasteiger partial charge on any atom is -0.497 e. The van der Waals surface area contributed by atoms with Gasteiger partial charge in [0, 0.05) is 6.07 Å². The van der Waals surface area contributed by atoms with Crippen LogP contribution < -0.4 is 21.1 Å². The van der Waals surface area contributed by atoms with Gasteiger partial charge in [0.25, 0.3) is 5.91 Å². The van der Waals surface area contributed by atoms with E-state index in [1.165, 1.54) is 7.11 Å². The number of ether oxygens (including phenoxy) is 1. The highest BCUT2D eigenvalue weighted by atomic mass is 35.5. The number of fused-ring (bicyclic) bond motifs is 2. The van der Waals surface area contributed by atoms with Crippen LogP contribution >= 0.6 is 12.4 Å². The Labute approximate surface area is 173 Å². The van der Waals surface area contributed by atoms with E-state index < -0.39 is 29.9 Å². The molecule has 1 fully saturated rings. The number of nitrogen functional groups attached to an aromatic ring is 1. The summed E-state index contributed by atoms with van der Waals surface area (Å²) in [5.41, 5.74) is 7.34. The highest BCUT2D eigenvalue weighted by Crippen LogP contribution is 2.41. The Kier molecular flexibility index (Phi) is 5.39. The van der Waals surface area contributed by atoms with Crippen LogP contribution in [-0.2, 0) is 21.5 Å². The SMILES string of the molecule is COc1ccc(N)c(NC(=O)CN2C(=O)NC3(CCc4ccccc43)C2=O)c1.Cl. The summed E-state index contributed by atoms with van der Waals surface area (Å²) in [6, 6.07) is 11.8. The maximum Gasteiger partial charge on any atom is 0.325 e. The molecule has 1 atom stereocenters. The number of anilines is 2. The first-order valence-electron chi connectivity index (χ1n) is 8.90. The molecule has 9 heteroatoms. The van der Waals surface area contributed by atoms with Gasteiger partial charge in [0.05, 0.1) is 18.5 Å². The van der Waals surface area contributed by atoms with Crippen LogP contribution in [-0.4, -0.2) is 36.4 Å². The molecule has 1 heterocycles. The number of benzene rings is 2. The van der Waals surface area contributed by atoms with Gasteiger partial charge in [-0.3, -0.25) is 14.5 Å². The molecule has 1 aliphatic carbocycles. The molecule has 4 N–H and O–H groups in total. The number of aryl methyl sites for hydroxylation is 1. The number of hydrogen-bond acceptors (Lipinski definition) is 5. The number of carbonyl (C=O) groups is 3. The zero-order valence-electron chi connectivity index (χ0n) is 15.7. The van der Waals surface area contributed by atoms with E-state index in [0.717, 1.165) is 16.0 Å². The Morgan fingerprint density at radius 3 is 2.79 bits per heavy atom. The largest absolute Gasteiger partial charge is 0.497 e. The molecule has 1 saturated heterocycles. The zero-order valence-corrected chi connectivity index (χ0v) is 16.5.